The van der Waals surface area contributed by atoms with Crippen molar-refractivity contribution in [2.24, 2.45) is 53.3 Å². The van der Waals surface area contributed by atoms with Gasteiger partial charge in [-0.25, -0.2) is 0 Å². The lowest BCUT2D eigenvalue weighted by atomic mass is 9.69. The molecule has 5 saturated heterocycles. The average molecular weight is 625 g/mol. The largest absolute Gasteiger partial charge is 0.396 e. The number of rotatable bonds is 4. The Bertz CT molecular complexity index is 1020. The van der Waals surface area contributed by atoms with Crippen LogP contribution in [-0.4, -0.2) is 61.0 Å². The van der Waals surface area contributed by atoms with Gasteiger partial charge in [0.25, 0.3) is 0 Å². The molecule has 17 atom stereocenters. The van der Waals surface area contributed by atoms with Crippen LogP contribution in [0.25, 0.3) is 0 Å². The predicted octanol–water partition coefficient (Wildman–Crippen LogP) is 2.99. The van der Waals surface area contributed by atoms with Gasteiger partial charge in [0, 0.05) is 6.61 Å². The minimum absolute atomic E-state index is 0.331. The van der Waals surface area contributed by atoms with Crippen LogP contribution in [0.15, 0.2) is 0 Å². The number of nitrogens with one attached hydrogen (secondary N) is 8. The second-order valence-electron chi connectivity index (χ2n) is 17.1. The molecule has 5 aliphatic heterocycles. The molecule has 8 bridgehead atoms. The van der Waals surface area contributed by atoms with Crippen LogP contribution < -0.4 is 42.5 Å². The first kappa shape index (κ1) is 30.7. The van der Waals surface area contributed by atoms with Gasteiger partial charge in [-0.15, -0.1) is 0 Å². The fourth-order valence-corrected chi connectivity index (χ4v) is 13.0. The highest BCUT2D eigenvalue weighted by molar-refractivity contribution is 5.09. The maximum Gasteiger partial charge on any atom is 0.0631 e. The summed E-state index contributed by atoms with van der Waals surface area (Å²) < 4.78 is 0. The van der Waals surface area contributed by atoms with E-state index in [1.807, 2.05) is 0 Å². The first-order chi connectivity index (χ1) is 22.2. The van der Waals surface area contributed by atoms with Crippen LogP contribution in [0.1, 0.15) is 116 Å². The lowest BCUT2D eigenvalue weighted by Gasteiger charge is -2.39. The first-order valence-corrected chi connectivity index (χ1v) is 19.9. The van der Waals surface area contributed by atoms with Crippen LogP contribution in [-0.2, 0) is 0 Å². The van der Waals surface area contributed by atoms with Crippen LogP contribution in [0.5, 0.6) is 0 Å². The van der Waals surface area contributed by atoms with E-state index in [2.05, 4.69) is 42.5 Å². The zero-order chi connectivity index (χ0) is 29.9. The van der Waals surface area contributed by atoms with E-state index in [9.17, 15) is 5.11 Å². The molecule has 4 aliphatic carbocycles. The Morgan fingerprint density at radius 2 is 0.689 bits per heavy atom. The van der Waals surface area contributed by atoms with Crippen LogP contribution in [0.4, 0.5) is 0 Å². The SMILES string of the molecule is OCCCCC1CCCC2C3NC4NC(NC5NC(NC6NC(NC(N3)C12)C1CCCCC61)C1CCCCC51)C1CCCCC41. The van der Waals surface area contributed by atoms with E-state index in [0.717, 1.165) is 30.6 Å². The van der Waals surface area contributed by atoms with E-state index in [-0.39, 0.29) is 0 Å². The minimum atomic E-state index is 0.331. The van der Waals surface area contributed by atoms with Gasteiger partial charge in [-0.3, -0.25) is 42.5 Å². The van der Waals surface area contributed by atoms with Gasteiger partial charge in [0.1, 0.15) is 0 Å². The maximum absolute atomic E-state index is 9.58. The second kappa shape index (κ2) is 13.2. The zero-order valence-corrected chi connectivity index (χ0v) is 27.7. The normalized spacial score (nSPS) is 54.2. The summed E-state index contributed by atoms with van der Waals surface area (Å²) in [5.41, 5.74) is 0. The van der Waals surface area contributed by atoms with Crippen molar-refractivity contribution >= 4 is 0 Å². The molecule has 0 amide bonds. The number of unbranched alkanes of at least 4 members (excludes halogenated alkanes) is 1. The van der Waals surface area contributed by atoms with Crippen molar-refractivity contribution in [1.82, 2.24) is 42.5 Å². The van der Waals surface area contributed by atoms with Gasteiger partial charge in [0.2, 0.25) is 0 Å². The molecule has 9 N–H and O–H groups in total. The molecule has 9 aliphatic rings. The van der Waals surface area contributed by atoms with E-state index in [1.165, 1.54) is 103 Å². The van der Waals surface area contributed by atoms with E-state index in [4.69, 9.17) is 0 Å². The Morgan fingerprint density at radius 1 is 0.356 bits per heavy atom. The maximum atomic E-state index is 9.58. The van der Waals surface area contributed by atoms with Gasteiger partial charge in [0.05, 0.1) is 49.3 Å². The molecule has 5 heterocycles. The van der Waals surface area contributed by atoms with Crippen LogP contribution in [0.3, 0.4) is 0 Å². The van der Waals surface area contributed by atoms with Crippen molar-refractivity contribution in [3.63, 3.8) is 0 Å². The van der Waals surface area contributed by atoms with Crippen molar-refractivity contribution in [2.45, 2.75) is 165 Å². The third-order valence-corrected chi connectivity index (χ3v) is 15.0. The number of hydrogen-bond donors (Lipinski definition) is 9. The number of hydrogen-bond acceptors (Lipinski definition) is 9. The Morgan fingerprint density at radius 3 is 1.07 bits per heavy atom. The predicted molar refractivity (Wildman–Crippen MR) is 177 cm³/mol. The molecule has 0 aromatic carbocycles. The third-order valence-electron chi connectivity index (χ3n) is 15.0. The summed E-state index contributed by atoms with van der Waals surface area (Å²) >= 11 is 0. The summed E-state index contributed by atoms with van der Waals surface area (Å²) in [6.45, 7) is 0.331. The molecular weight excluding hydrogens is 560 g/mol. The Kier molecular flexibility index (Phi) is 8.97. The fraction of sp³-hybridized carbons (Fsp3) is 1.00. The fourth-order valence-electron chi connectivity index (χ4n) is 13.0. The Balaban J connectivity index is 1.04. The molecule has 17 unspecified atom stereocenters. The topological polar surface area (TPSA) is 116 Å². The molecule has 9 heteroatoms. The minimum Gasteiger partial charge on any atom is -0.396 e. The summed E-state index contributed by atoms with van der Waals surface area (Å²) in [6, 6.07) is 0. The van der Waals surface area contributed by atoms with Crippen molar-refractivity contribution in [2.75, 3.05) is 6.61 Å². The molecule has 9 fully saturated rings. The monoisotopic (exact) mass is 625 g/mol. The summed E-state index contributed by atoms with van der Waals surface area (Å²) in [4.78, 5) is 0. The first-order valence-electron chi connectivity index (χ1n) is 19.9. The van der Waals surface area contributed by atoms with E-state index in [0.29, 0.717) is 91.4 Å². The molecule has 9 rings (SSSR count). The molecule has 0 aromatic heterocycles. The van der Waals surface area contributed by atoms with Crippen LogP contribution in [0.2, 0.25) is 0 Å². The van der Waals surface area contributed by atoms with Gasteiger partial charge in [-0.1, -0.05) is 57.8 Å². The van der Waals surface area contributed by atoms with Crippen LogP contribution in [0, 0.1) is 53.3 Å². The van der Waals surface area contributed by atoms with Crippen molar-refractivity contribution in [3.05, 3.63) is 0 Å². The van der Waals surface area contributed by atoms with Crippen molar-refractivity contribution < 1.29 is 5.11 Å². The second-order valence-corrected chi connectivity index (χ2v) is 17.1. The van der Waals surface area contributed by atoms with Gasteiger partial charge in [-0.2, -0.15) is 0 Å². The summed E-state index contributed by atoms with van der Waals surface area (Å²) in [5, 5.41) is 43.7. The summed E-state index contributed by atoms with van der Waals surface area (Å²) in [6.07, 6.45) is 26.8. The van der Waals surface area contributed by atoms with Gasteiger partial charge in [0.15, 0.2) is 0 Å². The number of aliphatic hydroxyl groups excluding tert-OH is 1. The quantitative estimate of drug-likeness (QED) is 0.218. The number of fused-ring (bicyclic) bond motifs is 20. The molecule has 4 saturated carbocycles. The highest BCUT2D eigenvalue weighted by atomic mass is 16.2. The summed E-state index contributed by atoms with van der Waals surface area (Å²) in [5.74, 6) is 6.34. The third kappa shape index (κ3) is 5.66. The highest BCUT2D eigenvalue weighted by Crippen LogP contribution is 2.47. The highest BCUT2D eigenvalue weighted by Gasteiger charge is 2.55. The lowest BCUT2D eigenvalue weighted by Crippen LogP contribution is -2.61. The molecule has 0 radical (unpaired) electrons. The van der Waals surface area contributed by atoms with E-state index in [1.54, 1.807) is 0 Å². The molecule has 9 nitrogen and oxygen atoms in total. The van der Waals surface area contributed by atoms with Gasteiger partial charge >= 0.3 is 0 Å². The van der Waals surface area contributed by atoms with Gasteiger partial charge < -0.3 is 5.11 Å². The standard InChI is InChI=1S/C36H64N8O/c45-19-8-7-10-20-11-9-18-27-28(20)36-43-34-26-17-6-5-16-25(26)32(41-34)39-30-22-13-2-1-12-21(22)29(37-30)38-31-23-14-3-4-15-24(23)33(40-31)42-35(27)44-36/h20-45H,1-19H2. The Labute approximate surface area is 272 Å². The smallest absolute Gasteiger partial charge is 0.0631 e. The molecule has 45 heavy (non-hydrogen) atoms. The van der Waals surface area contributed by atoms with E-state index < -0.39 is 0 Å². The Hall–Kier alpha value is -0.360. The molecule has 0 spiro atoms. The lowest BCUT2D eigenvalue weighted by molar-refractivity contribution is 0.113. The van der Waals surface area contributed by atoms with Crippen molar-refractivity contribution in [3.8, 4) is 0 Å². The molecule has 0 aromatic rings. The molecular formula is C36H64N8O. The summed E-state index contributed by atoms with van der Waals surface area (Å²) in [7, 11) is 0. The van der Waals surface area contributed by atoms with E-state index >= 15 is 0 Å². The zero-order valence-electron chi connectivity index (χ0n) is 27.7. The molecule has 254 valence electrons. The average Bonchev–Trinajstić information content (AvgIpc) is 3.81. The van der Waals surface area contributed by atoms with Crippen molar-refractivity contribution in [1.29, 1.82) is 0 Å². The van der Waals surface area contributed by atoms with Gasteiger partial charge in [-0.05, 0) is 111 Å². The van der Waals surface area contributed by atoms with Crippen LogP contribution >= 0.6 is 0 Å². The number of aliphatic hydroxyl groups is 1.